The minimum Gasteiger partial charge on any atom is -0.317 e. The number of sulfonamides is 1. The minimum atomic E-state index is -4.64. The van der Waals surface area contributed by atoms with Crippen LogP contribution in [0.4, 0.5) is 13.2 Å². The van der Waals surface area contributed by atoms with E-state index in [9.17, 15) is 21.6 Å². The normalized spacial score (nSPS) is 22.8. The van der Waals surface area contributed by atoms with Crippen LogP contribution in [0.25, 0.3) is 0 Å². The molecule has 2 rings (SSSR count). The van der Waals surface area contributed by atoms with E-state index in [1.165, 1.54) is 19.1 Å². The summed E-state index contributed by atoms with van der Waals surface area (Å²) in [5, 5.41) is 3.37. The van der Waals surface area contributed by atoms with Crippen LogP contribution in [0.1, 0.15) is 19.3 Å². The Morgan fingerprint density at radius 2 is 1.65 bits per heavy atom. The summed E-state index contributed by atoms with van der Waals surface area (Å²) < 4.78 is 55.9. The van der Waals surface area contributed by atoms with E-state index in [1.54, 1.807) is 4.31 Å². The fourth-order valence-electron chi connectivity index (χ4n) is 2.78. The van der Waals surface area contributed by atoms with Crippen molar-refractivity contribution in [2.24, 2.45) is 0 Å². The van der Waals surface area contributed by atoms with Crippen LogP contribution in [0.5, 0.6) is 0 Å². The molecule has 0 aromatic carbocycles. The lowest BCUT2D eigenvalue weighted by Crippen LogP contribution is -2.44. The van der Waals surface area contributed by atoms with Gasteiger partial charge in [0.05, 0.1) is 6.26 Å². The van der Waals surface area contributed by atoms with Gasteiger partial charge >= 0.3 is 6.18 Å². The van der Waals surface area contributed by atoms with Crippen LogP contribution in [0, 0.1) is 0 Å². The van der Waals surface area contributed by atoms with E-state index in [0.717, 1.165) is 32.6 Å². The van der Waals surface area contributed by atoms with Gasteiger partial charge in [0.2, 0.25) is 16.3 Å². The number of hydrogen-bond donors (Lipinski definition) is 1. The lowest BCUT2D eigenvalue weighted by atomic mass is 10.0. The van der Waals surface area contributed by atoms with Gasteiger partial charge in [-0.2, -0.15) is 13.2 Å². The molecule has 0 aromatic heterocycles. The highest BCUT2D eigenvalue weighted by atomic mass is 32.2. The van der Waals surface area contributed by atoms with E-state index in [4.69, 9.17) is 4.79 Å². The Morgan fingerprint density at radius 1 is 1.09 bits per heavy atom. The van der Waals surface area contributed by atoms with Crippen molar-refractivity contribution in [2.75, 3.05) is 45.5 Å². The predicted molar refractivity (Wildman–Crippen MR) is 80.6 cm³/mol. The Balaban J connectivity index is 0.000000379. The van der Waals surface area contributed by atoms with Gasteiger partial charge in [0, 0.05) is 25.7 Å². The van der Waals surface area contributed by atoms with E-state index < -0.39 is 22.5 Å². The first-order chi connectivity index (χ1) is 10.6. The largest absolute Gasteiger partial charge is 0.446 e. The lowest BCUT2D eigenvalue weighted by molar-refractivity contribution is -0.156. The summed E-state index contributed by atoms with van der Waals surface area (Å²) in [4.78, 5) is 11.2. The quantitative estimate of drug-likeness (QED) is 0.725. The van der Waals surface area contributed by atoms with Gasteiger partial charge < -0.3 is 5.32 Å². The molecule has 0 aromatic rings. The Hall–Kier alpha value is -0.710. The maximum Gasteiger partial charge on any atom is 0.446 e. The summed E-state index contributed by atoms with van der Waals surface area (Å²) in [7, 11) is -3.01. The fraction of sp³-hybridized carbons (Fsp3) is 0.923. The van der Waals surface area contributed by atoms with Gasteiger partial charge in [0.15, 0.2) is 0 Å². The van der Waals surface area contributed by atoms with E-state index >= 15 is 0 Å². The molecule has 1 N–H and O–H groups in total. The molecule has 0 amide bonds. The number of nitrogens with zero attached hydrogens (tertiary/aromatic N) is 2. The Labute approximate surface area is 135 Å². The Morgan fingerprint density at radius 3 is 2.13 bits per heavy atom. The van der Waals surface area contributed by atoms with Gasteiger partial charge in [-0.05, 0) is 38.9 Å². The van der Waals surface area contributed by atoms with E-state index in [2.05, 4.69) is 10.2 Å². The average Bonchev–Trinajstić information content (AvgIpc) is 2.74. The first-order valence-electron chi connectivity index (χ1n) is 7.56. The van der Waals surface area contributed by atoms with Gasteiger partial charge in [-0.15, -0.1) is 0 Å². The first kappa shape index (κ1) is 20.3. The third kappa shape index (κ3) is 8.09. The third-order valence-electron chi connectivity index (χ3n) is 3.92. The highest BCUT2D eigenvalue weighted by molar-refractivity contribution is 7.88. The second kappa shape index (κ2) is 8.95. The molecular weight excluding hydrogens is 335 g/mol. The summed E-state index contributed by atoms with van der Waals surface area (Å²) in [6.07, 6.45) is -1.05. The van der Waals surface area contributed by atoms with Crippen molar-refractivity contribution in [3.05, 3.63) is 0 Å². The van der Waals surface area contributed by atoms with Crippen molar-refractivity contribution in [1.29, 1.82) is 0 Å². The molecule has 0 unspecified atom stereocenters. The van der Waals surface area contributed by atoms with Crippen LogP contribution < -0.4 is 5.32 Å². The molecular formula is C13H24F3N3O3S. The SMILES string of the molecule is CS(=O)(=O)N1CCCN(C2CCNCC2)CC1.O=CC(F)(F)F. The molecule has 0 spiro atoms. The summed E-state index contributed by atoms with van der Waals surface area (Å²) in [6, 6.07) is 0.649. The Bertz CT molecular complexity index is 465. The highest BCUT2D eigenvalue weighted by Gasteiger charge is 2.26. The van der Waals surface area contributed by atoms with Crippen molar-refractivity contribution < 1.29 is 26.4 Å². The molecule has 23 heavy (non-hydrogen) atoms. The van der Waals surface area contributed by atoms with Crippen molar-refractivity contribution >= 4 is 16.3 Å². The fourth-order valence-corrected chi connectivity index (χ4v) is 3.66. The van der Waals surface area contributed by atoms with Crippen molar-refractivity contribution in [1.82, 2.24) is 14.5 Å². The van der Waals surface area contributed by atoms with Crippen LogP contribution in [-0.4, -0.2) is 81.7 Å². The smallest absolute Gasteiger partial charge is 0.317 e. The van der Waals surface area contributed by atoms with Gasteiger partial charge in [-0.3, -0.25) is 9.69 Å². The van der Waals surface area contributed by atoms with E-state index in [-0.39, 0.29) is 0 Å². The summed E-state index contributed by atoms with van der Waals surface area (Å²) in [6.45, 7) is 5.45. The molecule has 0 radical (unpaired) electrons. The molecule has 0 atom stereocenters. The van der Waals surface area contributed by atoms with Crippen LogP contribution >= 0.6 is 0 Å². The molecule has 0 saturated carbocycles. The average molecular weight is 359 g/mol. The molecule has 2 fully saturated rings. The molecule has 136 valence electrons. The summed E-state index contributed by atoms with van der Waals surface area (Å²) in [5.74, 6) is 0. The highest BCUT2D eigenvalue weighted by Crippen LogP contribution is 2.15. The molecule has 2 saturated heterocycles. The molecule has 2 aliphatic heterocycles. The number of halogens is 3. The minimum absolute atomic E-state index is 0.649. The van der Waals surface area contributed by atoms with Crippen LogP contribution in [0.3, 0.4) is 0 Å². The van der Waals surface area contributed by atoms with Gasteiger partial charge in [0.1, 0.15) is 0 Å². The number of hydrogen-bond acceptors (Lipinski definition) is 5. The number of piperidine rings is 1. The number of aldehydes is 1. The number of carbonyl (C=O) groups is 1. The number of carbonyl (C=O) groups excluding carboxylic acids is 1. The molecule has 6 nitrogen and oxygen atoms in total. The molecule has 2 aliphatic rings. The topological polar surface area (TPSA) is 69.7 Å². The second-order valence-corrected chi connectivity index (χ2v) is 7.67. The number of alkyl halides is 3. The molecule has 0 aliphatic carbocycles. The third-order valence-corrected chi connectivity index (χ3v) is 5.22. The number of rotatable bonds is 2. The first-order valence-corrected chi connectivity index (χ1v) is 9.41. The Kier molecular flexibility index (Phi) is 7.91. The standard InChI is InChI=1S/C11H23N3O2S.C2HF3O/c1-17(15,16)14-8-2-7-13(9-10-14)11-3-5-12-6-4-11;3-2(4,5)1-6/h11-12H,2-10H2,1H3;1H. The maximum atomic E-state index is 11.5. The zero-order valence-electron chi connectivity index (χ0n) is 13.2. The van der Waals surface area contributed by atoms with Crippen molar-refractivity contribution in [3.8, 4) is 0 Å². The summed E-state index contributed by atoms with van der Waals surface area (Å²) in [5.41, 5.74) is 0. The van der Waals surface area contributed by atoms with Crippen LogP contribution in [0.2, 0.25) is 0 Å². The van der Waals surface area contributed by atoms with Crippen molar-refractivity contribution in [3.63, 3.8) is 0 Å². The van der Waals surface area contributed by atoms with Crippen LogP contribution in [0.15, 0.2) is 0 Å². The zero-order chi connectivity index (χ0) is 17.5. The van der Waals surface area contributed by atoms with Crippen LogP contribution in [-0.2, 0) is 14.8 Å². The van der Waals surface area contributed by atoms with Gasteiger partial charge in [-0.1, -0.05) is 0 Å². The van der Waals surface area contributed by atoms with Gasteiger partial charge in [0.25, 0.3) is 0 Å². The lowest BCUT2D eigenvalue weighted by Gasteiger charge is -2.33. The summed E-state index contributed by atoms with van der Waals surface area (Å²) >= 11 is 0. The maximum absolute atomic E-state index is 11.5. The van der Waals surface area contributed by atoms with E-state index in [1.807, 2.05) is 0 Å². The number of nitrogens with one attached hydrogen (secondary N) is 1. The van der Waals surface area contributed by atoms with Crippen molar-refractivity contribution in [2.45, 2.75) is 31.5 Å². The second-order valence-electron chi connectivity index (χ2n) is 5.69. The van der Waals surface area contributed by atoms with E-state index in [0.29, 0.717) is 19.1 Å². The molecule has 0 bridgehead atoms. The van der Waals surface area contributed by atoms with Gasteiger partial charge in [-0.25, -0.2) is 12.7 Å². The zero-order valence-corrected chi connectivity index (χ0v) is 14.0. The predicted octanol–water partition coefficient (Wildman–Crippen LogP) is 0.453. The monoisotopic (exact) mass is 359 g/mol. The molecule has 10 heteroatoms. The molecule has 2 heterocycles.